The average Bonchev–Trinajstić information content (AvgIpc) is 3.48. The lowest BCUT2D eigenvalue weighted by Gasteiger charge is -2.28. The van der Waals surface area contributed by atoms with Crippen molar-refractivity contribution in [2.24, 2.45) is 5.92 Å². The molecule has 1 aliphatic rings. The van der Waals surface area contributed by atoms with Crippen LogP contribution >= 0.6 is 0 Å². The van der Waals surface area contributed by atoms with E-state index < -0.39 is 5.60 Å². The van der Waals surface area contributed by atoms with Gasteiger partial charge in [0, 0.05) is 12.3 Å². The maximum absolute atomic E-state index is 12.6. The van der Waals surface area contributed by atoms with E-state index in [-0.39, 0.29) is 5.91 Å². The molecule has 0 aliphatic heterocycles. The van der Waals surface area contributed by atoms with Gasteiger partial charge in [0.2, 0.25) is 0 Å². The Morgan fingerprint density at radius 2 is 1.80 bits per heavy atom. The van der Waals surface area contributed by atoms with Crippen LogP contribution in [0.5, 0.6) is 5.75 Å². The Hall–Kier alpha value is -2.33. The third-order valence-corrected chi connectivity index (χ3v) is 4.61. The van der Waals surface area contributed by atoms with E-state index in [1.165, 1.54) is 0 Å². The lowest BCUT2D eigenvalue weighted by atomic mass is 9.99. The third-order valence-electron chi connectivity index (χ3n) is 4.61. The summed E-state index contributed by atoms with van der Waals surface area (Å²) in [5, 5.41) is 2.97. The molecule has 0 spiro atoms. The van der Waals surface area contributed by atoms with Gasteiger partial charge in [-0.25, -0.2) is 0 Å². The van der Waals surface area contributed by atoms with Crippen LogP contribution in [0.15, 0.2) is 54.6 Å². The highest BCUT2D eigenvalue weighted by Crippen LogP contribution is 2.42. The van der Waals surface area contributed by atoms with E-state index in [0.29, 0.717) is 19.1 Å². The highest BCUT2D eigenvalue weighted by Gasteiger charge is 2.48. The number of benzene rings is 2. The molecule has 3 rings (SSSR count). The van der Waals surface area contributed by atoms with Crippen molar-refractivity contribution in [2.75, 3.05) is 11.9 Å². The van der Waals surface area contributed by atoms with E-state index in [0.717, 1.165) is 29.8 Å². The summed E-state index contributed by atoms with van der Waals surface area (Å²) < 4.78 is 11.5. The summed E-state index contributed by atoms with van der Waals surface area (Å²) in [6.07, 6.45) is 2.10. The Bertz CT molecular complexity index is 695. The zero-order chi connectivity index (χ0) is 17.7. The van der Waals surface area contributed by atoms with E-state index in [2.05, 4.69) is 5.32 Å². The molecular weight excluding hydrogens is 314 g/mol. The number of anilines is 1. The van der Waals surface area contributed by atoms with Gasteiger partial charge in [-0.2, -0.15) is 0 Å². The number of hydrogen-bond acceptors (Lipinski definition) is 3. The van der Waals surface area contributed by atoms with Gasteiger partial charge in [0.25, 0.3) is 5.91 Å². The highest BCUT2D eigenvalue weighted by molar-refractivity contribution is 5.97. The summed E-state index contributed by atoms with van der Waals surface area (Å²) in [6, 6.07) is 17.5. The van der Waals surface area contributed by atoms with E-state index >= 15 is 0 Å². The Morgan fingerprint density at radius 1 is 1.12 bits per heavy atom. The van der Waals surface area contributed by atoms with Crippen LogP contribution in [-0.2, 0) is 16.1 Å². The molecule has 25 heavy (non-hydrogen) atoms. The van der Waals surface area contributed by atoms with Gasteiger partial charge in [-0.3, -0.25) is 4.79 Å². The minimum atomic E-state index is -0.739. The largest absolute Gasteiger partial charge is 0.489 e. The molecule has 2 aromatic carbocycles. The van der Waals surface area contributed by atoms with Crippen LogP contribution < -0.4 is 10.1 Å². The van der Waals surface area contributed by atoms with Crippen LogP contribution in [0.25, 0.3) is 0 Å². The number of amides is 1. The molecule has 0 bridgehead atoms. The van der Waals surface area contributed by atoms with Gasteiger partial charge >= 0.3 is 0 Å². The van der Waals surface area contributed by atoms with Crippen molar-refractivity contribution >= 4 is 11.6 Å². The van der Waals surface area contributed by atoms with Gasteiger partial charge in [-0.05, 0) is 62.4 Å². The first-order valence-electron chi connectivity index (χ1n) is 8.84. The maximum Gasteiger partial charge on any atom is 0.256 e. The second-order valence-electron chi connectivity index (χ2n) is 6.57. The highest BCUT2D eigenvalue weighted by atomic mass is 16.5. The van der Waals surface area contributed by atoms with Gasteiger partial charge in [-0.15, -0.1) is 0 Å². The fraction of sp³-hybridized carbons (Fsp3) is 0.381. The fourth-order valence-corrected chi connectivity index (χ4v) is 2.93. The minimum Gasteiger partial charge on any atom is -0.489 e. The standard InChI is InChI=1S/C21H25NO3/c1-3-25-21(2,17-9-10-17)20(23)22-18-11-13-19(14-12-18)24-15-16-7-5-4-6-8-16/h4-8,11-14,17H,3,9-10,15H2,1-2H3,(H,22,23)/t21-/m1/s1. The van der Waals surface area contributed by atoms with Gasteiger partial charge in [-0.1, -0.05) is 30.3 Å². The van der Waals surface area contributed by atoms with Crippen LogP contribution in [0, 0.1) is 5.92 Å². The summed E-state index contributed by atoms with van der Waals surface area (Å²) in [5.41, 5.74) is 1.14. The van der Waals surface area contributed by atoms with Gasteiger partial charge in [0.15, 0.2) is 0 Å². The Kier molecular flexibility index (Phi) is 5.39. The summed E-state index contributed by atoms with van der Waals surface area (Å²) in [5.74, 6) is 1.02. The first-order valence-corrected chi connectivity index (χ1v) is 8.84. The predicted molar refractivity (Wildman–Crippen MR) is 98.6 cm³/mol. The van der Waals surface area contributed by atoms with Crippen molar-refractivity contribution in [1.82, 2.24) is 0 Å². The molecule has 1 aliphatic carbocycles. The van der Waals surface area contributed by atoms with Gasteiger partial charge < -0.3 is 14.8 Å². The molecule has 0 unspecified atom stereocenters. The summed E-state index contributed by atoms with van der Waals surface area (Å²) >= 11 is 0. The normalized spacial score (nSPS) is 16.1. The molecule has 4 heteroatoms. The van der Waals surface area contributed by atoms with Crippen molar-refractivity contribution in [2.45, 2.75) is 38.9 Å². The average molecular weight is 339 g/mol. The van der Waals surface area contributed by atoms with Crippen LogP contribution in [0.3, 0.4) is 0 Å². The summed E-state index contributed by atoms with van der Waals surface area (Å²) in [7, 11) is 0. The maximum atomic E-state index is 12.6. The van der Waals surface area contributed by atoms with Crippen molar-refractivity contribution in [1.29, 1.82) is 0 Å². The summed E-state index contributed by atoms with van der Waals surface area (Å²) in [4.78, 5) is 12.6. The molecule has 1 N–H and O–H groups in total. The van der Waals surface area contributed by atoms with Gasteiger partial charge in [0.05, 0.1) is 0 Å². The monoisotopic (exact) mass is 339 g/mol. The minimum absolute atomic E-state index is 0.0743. The molecule has 0 saturated heterocycles. The van der Waals surface area contributed by atoms with Crippen molar-refractivity contribution in [3.63, 3.8) is 0 Å². The Morgan fingerprint density at radius 3 is 2.40 bits per heavy atom. The van der Waals surface area contributed by atoms with E-state index in [9.17, 15) is 4.79 Å². The van der Waals surface area contributed by atoms with Crippen molar-refractivity contribution < 1.29 is 14.3 Å². The molecule has 1 fully saturated rings. The quantitative estimate of drug-likeness (QED) is 0.775. The molecule has 1 amide bonds. The number of ether oxygens (including phenoxy) is 2. The fourth-order valence-electron chi connectivity index (χ4n) is 2.93. The molecule has 1 saturated carbocycles. The number of hydrogen-bond donors (Lipinski definition) is 1. The topological polar surface area (TPSA) is 47.6 Å². The SMILES string of the molecule is CCO[C@@](C)(C(=O)Nc1ccc(OCc2ccccc2)cc1)C1CC1. The Balaban J connectivity index is 1.57. The van der Waals surface area contributed by atoms with E-state index in [1.54, 1.807) is 0 Å². The molecule has 0 radical (unpaired) electrons. The molecule has 4 nitrogen and oxygen atoms in total. The number of rotatable bonds is 8. The molecule has 1 atom stereocenters. The van der Waals surface area contributed by atoms with Crippen LogP contribution in [0.2, 0.25) is 0 Å². The lowest BCUT2D eigenvalue weighted by Crippen LogP contribution is -2.44. The molecular formula is C21H25NO3. The summed E-state index contributed by atoms with van der Waals surface area (Å²) in [6.45, 7) is 4.87. The number of carbonyl (C=O) groups excluding carboxylic acids is 1. The van der Waals surface area contributed by atoms with Crippen molar-refractivity contribution in [3.05, 3.63) is 60.2 Å². The van der Waals surface area contributed by atoms with Crippen molar-refractivity contribution in [3.8, 4) is 5.75 Å². The predicted octanol–water partition coefficient (Wildman–Crippen LogP) is 4.41. The van der Waals surface area contributed by atoms with Crippen LogP contribution in [0.1, 0.15) is 32.3 Å². The molecule has 132 valence electrons. The zero-order valence-corrected chi connectivity index (χ0v) is 14.8. The van der Waals surface area contributed by atoms with E-state index in [1.807, 2.05) is 68.4 Å². The number of nitrogens with one attached hydrogen (secondary N) is 1. The van der Waals surface area contributed by atoms with Crippen LogP contribution in [-0.4, -0.2) is 18.1 Å². The van der Waals surface area contributed by atoms with Crippen LogP contribution in [0.4, 0.5) is 5.69 Å². The third kappa shape index (κ3) is 4.40. The second kappa shape index (κ2) is 7.70. The molecule has 0 heterocycles. The van der Waals surface area contributed by atoms with Gasteiger partial charge in [0.1, 0.15) is 18.0 Å². The second-order valence-corrected chi connectivity index (χ2v) is 6.57. The molecule has 2 aromatic rings. The smallest absolute Gasteiger partial charge is 0.256 e. The lowest BCUT2D eigenvalue weighted by molar-refractivity contribution is -0.141. The van der Waals surface area contributed by atoms with E-state index in [4.69, 9.17) is 9.47 Å². The first kappa shape index (κ1) is 17.5. The zero-order valence-electron chi connectivity index (χ0n) is 14.8. The number of carbonyl (C=O) groups is 1. The Labute approximate surface area is 149 Å². The first-order chi connectivity index (χ1) is 12.1. The molecule has 0 aromatic heterocycles.